The predicted molar refractivity (Wildman–Crippen MR) is 68.0 cm³/mol. The third-order valence-electron chi connectivity index (χ3n) is 2.77. The molecule has 0 saturated carbocycles. The quantitative estimate of drug-likeness (QED) is 0.830. The average Bonchev–Trinajstić information content (AvgIpc) is 2.38. The van der Waals surface area contributed by atoms with Gasteiger partial charge in [0.1, 0.15) is 11.8 Å². The Bertz CT molecular complexity index is 632. The van der Waals surface area contributed by atoms with Crippen LogP contribution < -0.4 is 4.74 Å². The van der Waals surface area contributed by atoms with E-state index in [0.29, 0.717) is 0 Å². The van der Waals surface area contributed by atoms with Crippen molar-refractivity contribution >= 4 is 0 Å². The summed E-state index contributed by atoms with van der Waals surface area (Å²) in [5, 5.41) is 8.87. The lowest BCUT2D eigenvalue weighted by atomic mass is 9.99. The van der Waals surface area contributed by atoms with Crippen LogP contribution in [0.1, 0.15) is 11.1 Å². The van der Waals surface area contributed by atoms with Crippen LogP contribution >= 0.6 is 0 Å². The maximum Gasteiger partial charge on any atom is 0.387 e. The molecule has 2 aromatic rings. The van der Waals surface area contributed by atoms with Crippen molar-refractivity contribution in [3.63, 3.8) is 0 Å². The Morgan fingerprint density at radius 2 is 1.89 bits per heavy atom. The van der Waals surface area contributed by atoms with Gasteiger partial charge in [-0.25, -0.2) is 0 Å². The van der Waals surface area contributed by atoms with Gasteiger partial charge in [-0.15, -0.1) is 0 Å². The summed E-state index contributed by atoms with van der Waals surface area (Å²) in [4.78, 5) is 0. The van der Waals surface area contributed by atoms with E-state index in [2.05, 4.69) is 4.74 Å². The van der Waals surface area contributed by atoms with E-state index < -0.39 is 6.61 Å². The number of halogens is 2. The second-order valence-electron chi connectivity index (χ2n) is 4.02. The Balaban J connectivity index is 2.50. The van der Waals surface area contributed by atoms with Crippen molar-refractivity contribution in [2.45, 2.75) is 13.5 Å². The molecule has 0 aliphatic heterocycles. The summed E-state index contributed by atoms with van der Waals surface area (Å²) in [6, 6.07) is 14.1. The lowest BCUT2D eigenvalue weighted by Gasteiger charge is -2.10. The number of rotatable bonds is 3. The highest BCUT2D eigenvalue weighted by atomic mass is 19.3. The molecule has 0 bridgehead atoms. The Morgan fingerprint density at radius 1 is 1.16 bits per heavy atom. The maximum atomic E-state index is 12.3. The molecule has 2 nitrogen and oxygen atoms in total. The molecule has 0 aliphatic rings. The van der Waals surface area contributed by atoms with Crippen LogP contribution in [-0.4, -0.2) is 6.61 Å². The van der Waals surface area contributed by atoms with E-state index in [9.17, 15) is 8.78 Å². The van der Waals surface area contributed by atoms with Crippen molar-refractivity contribution in [3.05, 3.63) is 53.6 Å². The minimum Gasteiger partial charge on any atom is -0.433 e. The monoisotopic (exact) mass is 259 g/mol. The highest BCUT2D eigenvalue weighted by Crippen LogP contribution is 2.29. The van der Waals surface area contributed by atoms with Crippen molar-refractivity contribution in [1.29, 1.82) is 5.26 Å². The van der Waals surface area contributed by atoms with Gasteiger partial charge in [0.15, 0.2) is 0 Å². The maximum absolute atomic E-state index is 12.3. The summed E-state index contributed by atoms with van der Waals surface area (Å²) >= 11 is 0. The molecule has 0 unspecified atom stereocenters. The van der Waals surface area contributed by atoms with Crippen molar-refractivity contribution in [2.24, 2.45) is 0 Å². The first-order valence-corrected chi connectivity index (χ1v) is 5.67. The number of nitrogens with zero attached hydrogens (tertiary/aromatic N) is 1. The lowest BCUT2D eigenvalue weighted by Crippen LogP contribution is -2.03. The van der Waals surface area contributed by atoms with Crippen molar-refractivity contribution in [2.75, 3.05) is 0 Å². The Morgan fingerprint density at radius 3 is 2.53 bits per heavy atom. The summed E-state index contributed by atoms with van der Waals surface area (Å²) in [5.41, 5.74) is 2.78. The van der Waals surface area contributed by atoms with Crippen LogP contribution in [0.25, 0.3) is 11.1 Å². The summed E-state index contributed by atoms with van der Waals surface area (Å²) in [7, 11) is 0. The van der Waals surface area contributed by atoms with Gasteiger partial charge < -0.3 is 4.74 Å². The summed E-state index contributed by atoms with van der Waals surface area (Å²) < 4.78 is 29.0. The van der Waals surface area contributed by atoms with E-state index in [-0.39, 0.29) is 11.3 Å². The van der Waals surface area contributed by atoms with Crippen molar-refractivity contribution in [3.8, 4) is 22.9 Å². The summed E-state index contributed by atoms with van der Waals surface area (Å²) in [5.74, 6) is -0.0988. The summed E-state index contributed by atoms with van der Waals surface area (Å²) in [6.07, 6.45) is 0. The van der Waals surface area contributed by atoms with Crippen LogP contribution in [0.2, 0.25) is 0 Å². The lowest BCUT2D eigenvalue weighted by molar-refractivity contribution is -0.0500. The topological polar surface area (TPSA) is 33.0 Å². The van der Waals surface area contributed by atoms with Crippen LogP contribution in [0.15, 0.2) is 42.5 Å². The van der Waals surface area contributed by atoms with Crippen LogP contribution in [0.5, 0.6) is 5.75 Å². The number of hydrogen-bond donors (Lipinski definition) is 0. The SMILES string of the molecule is Cc1ccccc1-c1ccc(C#N)c(OC(F)F)c1. The fraction of sp³-hybridized carbons (Fsp3) is 0.133. The normalized spacial score (nSPS) is 10.3. The predicted octanol–water partition coefficient (Wildman–Crippen LogP) is 4.14. The Kier molecular flexibility index (Phi) is 3.76. The molecule has 0 atom stereocenters. The number of hydrogen-bond acceptors (Lipinski definition) is 2. The molecule has 19 heavy (non-hydrogen) atoms. The fourth-order valence-corrected chi connectivity index (χ4v) is 1.87. The smallest absolute Gasteiger partial charge is 0.387 e. The van der Waals surface area contributed by atoms with Gasteiger partial charge in [0.05, 0.1) is 5.56 Å². The van der Waals surface area contributed by atoms with E-state index in [1.807, 2.05) is 37.3 Å². The Hall–Kier alpha value is -2.41. The second kappa shape index (κ2) is 5.49. The first-order valence-electron chi connectivity index (χ1n) is 5.67. The van der Waals surface area contributed by atoms with E-state index in [4.69, 9.17) is 5.26 Å². The molecule has 0 amide bonds. The third kappa shape index (κ3) is 2.89. The van der Waals surface area contributed by atoms with Crippen LogP contribution in [-0.2, 0) is 0 Å². The zero-order valence-corrected chi connectivity index (χ0v) is 10.2. The molecule has 0 spiro atoms. The van der Waals surface area contributed by atoms with Gasteiger partial charge in [-0.2, -0.15) is 14.0 Å². The number of aryl methyl sites for hydroxylation is 1. The summed E-state index contributed by atoms with van der Waals surface area (Å²) in [6.45, 7) is -1.01. The van der Waals surface area contributed by atoms with E-state index in [1.165, 1.54) is 12.1 Å². The second-order valence-corrected chi connectivity index (χ2v) is 4.02. The van der Waals surface area contributed by atoms with Gasteiger partial charge in [0.25, 0.3) is 0 Å². The molecule has 0 aliphatic carbocycles. The largest absolute Gasteiger partial charge is 0.433 e. The minimum absolute atomic E-state index is 0.0950. The highest BCUT2D eigenvalue weighted by Gasteiger charge is 2.11. The third-order valence-corrected chi connectivity index (χ3v) is 2.77. The molecule has 2 rings (SSSR count). The first-order chi connectivity index (χ1) is 9.11. The van der Waals surface area contributed by atoms with Crippen LogP contribution in [0.3, 0.4) is 0 Å². The van der Waals surface area contributed by atoms with Gasteiger partial charge in [-0.05, 0) is 35.7 Å². The highest BCUT2D eigenvalue weighted by molar-refractivity contribution is 5.70. The van der Waals surface area contributed by atoms with Gasteiger partial charge in [-0.1, -0.05) is 30.3 Å². The molecule has 0 N–H and O–H groups in total. The molecule has 0 saturated heterocycles. The first kappa shape index (κ1) is 13.0. The van der Waals surface area contributed by atoms with E-state index >= 15 is 0 Å². The molecule has 0 radical (unpaired) electrons. The van der Waals surface area contributed by atoms with E-state index in [0.717, 1.165) is 16.7 Å². The zero-order valence-electron chi connectivity index (χ0n) is 10.2. The zero-order chi connectivity index (χ0) is 13.8. The molecule has 2 aromatic carbocycles. The van der Waals surface area contributed by atoms with Gasteiger partial charge >= 0.3 is 6.61 Å². The standard InChI is InChI=1S/C15H11F2NO/c1-10-4-2-3-5-13(10)11-6-7-12(9-18)14(8-11)19-15(16)17/h2-8,15H,1H3. The molecular weight excluding hydrogens is 248 g/mol. The molecule has 0 fully saturated rings. The van der Waals surface area contributed by atoms with Gasteiger partial charge in [0, 0.05) is 0 Å². The molecular formula is C15H11F2NO. The minimum atomic E-state index is -2.95. The van der Waals surface area contributed by atoms with E-state index in [1.54, 1.807) is 6.07 Å². The van der Waals surface area contributed by atoms with Crippen LogP contribution in [0, 0.1) is 18.3 Å². The van der Waals surface area contributed by atoms with Gasteiger partial charge in [-0.3, -0.25) is 0 Å². The van der Waals surface area contributed by atoms with Crippen molar-refractivity contribution < 1.29 is 13.5 Å². The average molecular weight is 259 g/mol. The van der Waals surface area contributed by atoms with Crippen LogP contribution in [0.4, 0.5) is 8.78 Å². The number of alkyl halides is 2. The number of ether oxygens (including phenoxy) is 1. The van der Waals surface area contributed by atoms with Gasteiger partial charge in [0.2, 0.25) is 0 Å². The number of benzene rings is 2. The Labute approximate surface area is 109 Å². The fourth-order valence-electron chi connectivity index (χ4n) is 1.87. The van der Waals surface area contributed by atoms with Crippen molar-refractivity contribution in [1.82, 2.24) is 0 Å². The molecule has 4 heteroatoms. The molecule has 96 valence electrons. The molecule has 0 heterocycles. The molecule has 0 aromatic heterocycles. The number of nitriles is 1.